The molecule has 0 radical (unpaired) electrons. The first-order valence-electron chi connectivity index (χ1n) is 10.4. The molecule has 0 N–H and O–H groups in total. The monoisotopic (exact) mass is 462 g/mol. The molecule has 3 aromatic rings. The number of hydrogen-bond donors (Lipinski definition) is 0. The van der Waals surface area contributed by atoms with Crippen LogP contribution < -0.4 is 9.64 Å². The molecule has 10 heteroatoms. The van der Waals surface area contributed by atoms with Gasteiger partial charge in [-0.25, -0.2) is 14.1 Å². The summed E-state index contributed by atoms with van der Waals surface area (Å²) in [5.74, 6) is -2.51. The molecular formula is C23H22F4N4O2. The normalized spacial score (nSPS) is 16.1. The predicted octanol–water partition coefficient (Wildman–Crippen LogP) is 4.92. The summed E-state index contributed by atoms with van der Waals surface area (Å²) in [5, 5.41) is 4.38. The van der Waals surface area contributed by atoms with Crippen LogP contribution in [-0.2, 0) is 6.42 Å². The summed E-state index contributed by atoms with van der Waals surface area (Å²) >= 11 is 0. The van der Waals surface area contributed by atoms with Gasteiger partial charge in [0, 0.05) is 18.0 Å². The van der Waals surface area contributed by atoms with Gasteiger partial charge >= 0.3 is 6.18 Å². The zero-order valence-electron chi connectivity index (χ0n) is 18.2. The molecule has 2 heterocycles. The summed E-state index contributed by atoms with van der Waals surface area (Å²) in [4.78, 5) is 18.7. The molecule has 174 valence electrons. The Balaban J connectivity index is 1.78. The number of alkyl halides is 3. The van der Waals surface area contributed by atoms with Crippen LogP contribution in [0.15, 0.2) is 42.7 Å². The van der Waals surface area contributed by atoms with E-state index < -0.39 is 36.8 Å². The quantitative estimate of drug-likeness (QED) is 0.517. The van der Waals surface area contributed by atoms with E-state index in [-0.39, 0.29) is 28.5 Å². The zero-order chi connectivity index (χ0) is 23.9. The number of methoxy groups -OCH3 is 1. The van der Waals surface area contributed by atoms with Crippen molar-refractivity contribution >= 4 is 11.6 Å². The summed E-state index contributed by atoms with van der Waals surface area (Å²) in [7, 11) is 1.36. The number of ether oxygens (including phenoxy) is 1. The molecule has 1 atom stereocenters. The minimum Gasteiger partial charge on any atom is -0.496 e. The van der Waals surface area contributed by atoms with E-state index >= 15 is 0 Å². The maximum Gasteiger partial charge on any atom is 0.393 e. The summed E-state index contributed by atoms with van der Waals surface area (Å²) < 4.78 is 62.0. The maximum atomic E-state index is 14.4. The molecule has 0 saturated carbocycles. The summed E-state index contributed by atoms with van der Waals surface area (Å²) in [6.07, 6.45) is -3.61. The van der Waals surface area contributed by atoms with E-state index in [0.29, 0.717) is 11.5 Å². The van der Waals surface area contributed by atoms with Crippen molar-refractivity contribution in [3.8, 4) is 11.4 Å². The lowest BCUT2D eigenvalue weighted by Crippen LogP contribution is -2.45. The number of anilines is 1. The van der Waals surface area contributed by atoms with Crippen LogP contribution in [0.5, 0.6) is 5.75 Å². The van der Waals surface area contributed by atoms with Crippen molar-refractivity contribution in [1.82, 2.24) is 14.8 Å². The molecule has 1 aromatic heterocycles. The fraction of sp³-hybridized carbons (Fsp3) is 0.348. The molecule has 0 saturated heterocycles. The Morgan fingerprint density at radius 1 is 1.21 bits per heavy atom. The van der Waals surface area contributed by atoms with Crippen LogP contribution in [0.3, 0.4) is 0 Å². The van der Waals surface area contributed by atoms with Gasteiger partial charge in [-0.15, -0.1) is 0 Å². The number of halogens is 4. The average Bonchev–Trinajstić information content (AvgIpc) is 3.28. The number of amides is 1. The zero-order valence-corrected chi connectivity index (χ0v) is 18.2. The van der Waals surface area contributed by atoms with Crippen LogP contribution in [0.4, 0.5) is 23.2 Å². The second-order valence-corrected chi connectivity index (χ2v) is 8.18. The highest BCUT2D eigenvalue weighted by Crippen LogP contribution is 2.40. The molecule has 1 aliphatic heterocycles. The molecule has 1 amide bonds. The van der Waals surface area contributed by atoms with Crippen molar-refractivity contribution < 1.29 is 27.1 Å². The molecule has 33 heavy (non-hydrogen) atoms. The first-order chi connectivity index (χ1) is 15.6. The molecule has 0 bridgehead atoms. The van der Waals surface area contributed by atoms with Crippen molar-refractivity contribution in [3.05, 3.63) is 65.5 Å². The molecule has 6 nitrogen and oxygen atoms in total. The highest BCUT2D eigenvalue weighted by molar-refractivity contribution is 6.09. The van der Waals surface area contributed by atoms with E-state index in [9.17, 15) is 22.4 Å². The minimum absolute atomic E-state index is 0.0367. The summed E-state index contributed by atoms with van der Waals surface area (Å²) in [6.45, 7) is 3.26. The van der Waals surface area contributed by atoms with E-state index in [1.165, 1.54) is 42.4 Å². The minimum atomic E-state index is -4.58. The SMILES string of the molecule is COc1ccc(-n2cnc(C(C)C)n2)cc1C(=O)N1C[C@@H](C(F)(F)F)Cc2c(F)cccc21. The largest absolute Gasteiger partial charge is 0.496 e. The molecule has 0 unspecified atom stereocenters. The Kier molecular flexibility index (Phi) is 5.85. The van der Waals surface area contributed by atoms with Crippen molar-refractivity contribution in [2.45, 2.75) is 32.4 Å². The standard InChI is InChI=1S/C23H22F4N4O2/c1-13(2)21-28-12-31(29-21)15-7-8-20(33-3)17(10-15)22(32)30-11-14(23(25,26)27)9-16-18(24)5-4-6-19(16)30/h4-8,10,12-14H,9,11H2,1-3H3/t14-/m0/s1. The molecule has 1 aliphatic rings. The van der Waals surface area contributed by atoms with Crippen molar-refractivity contribution in [3.63, 3.8) is 0 Å². The van der Waals surface area contributed by atoms with Gasteiger partial charge in [0.05, 0.1) is 30.0 Å². The van der Waals surface area contributed by atoms with Gasteiger partial charge in [-0.3, -0.25) is 4.79 Å². The fourth-order valence-electron chi connectivity index (χ4n) is 3.86. The van der Waals surface area contributed by atoms with Gasteiger partial charge in [0.2, 0.25) is 0 Å². The number of aromatic nitrogens is 3. The Labute approximate surface area is 187 Å². The van der Waals surface area contributed by atoms with Crippen LogP contribution in [0, 0.1) is 11.7 Å². The summed E-state index contributed by atoms with van der Waals surface area (Å²) in [6, 6.07) is 8.60. The lowest BCUT2D eigenvalue weighted by Gasteiger charge is -2.35. The lowest BCUT2D eigenvalue weighted by atomic mass is 9.91. The molecule has 2 aromatic carbocycles. The van der Waals surface area contributed by atoms with Gasteiger partial charge < -0.3 is 9.64 Å². The van der Waals surface area contributed by atoms with Gasteiger partial charge in [0.25, 0.3) is 5.91 Å². The van der Waals surface area contributed by atoms with Crippen LogP contribution in [0.1, 0.15) is 41.5 Å². The number of nitrogens with zero attached hydrogens (tertiary/aromatic N) is 4. The van der Waals surface area contributed by atoms with E-state index in [1.807, 2.05) is 13.8 Å². The molecule has 0 fully saturated rings. The highest BCUT2D eigenvalue weighted by Gasteiger charge is 2.45. The Hall–Kier alpha value is -3.43. The number of benzene rings is 2. The number of carbonyl (C=O) groups is 1. The van der Waals surface area contributed by atoms with E-state index in [4.69, 9.17) is 4.74 Å². The Morgan fingerprint density at radius 2 is 1.97 bits per heavy atom. The molecule has 0 aliphatic carbocycles. The van der Waals surface area contributed by atoms with Crippen molar-refractivity contribution in [1.29, 1.82) is 0 Å². The van der Waals surface area contributed by atoms with E-state index in [2.05, 4.69) is 10.1 Å². The lowest BCUT2D eigenvalue weighted by molar-refractivity contribution is -0.172. The third kappa shape index (κ3) is 4.29. The number of hydrogen-bond acceptors (Lipinski definition) is 4. The number of carbonyl (C=O) groups excluding carboxylic acids is 1. The Bertz CT molecular complexity index is 1190. The van der Waals surface area contributed by atoms with Gasteiger partial charge in [0.1, 0.15) is 17.9 Å². The smallest absolute Gasteiger partial charge is 0.393 e. The van der Waals surface area contributed by atoms with E-state index in [0.717, 1.165) is 11.0 Å². The topological polar surface area (TPSA) is 60.2 Å². The molecular weight excluding hydrogens is 440 g/mol. The third-order valence-corrected chi connectivity index (χ3v) is 5.65. The van der Waals surface area contributed by atoms with Crippen LogP contribution in [-0.4, -0.2) is 40.5 Å². The first kappa shape index (κ1) is 22.8. The first-order valence-corrected chi connectivity index (χ1v) is 10.4. The number of rotatable bonds is 4. The van der Waals surface area contributed by atoms with Crippen LogP contribution in [0.25, 0.3) is 5.69 Å². The van der Waals surface area contributed by atoms with Crippen molar-refractivity contribution in [2.75, 3.05) is 18.6 Å². The second-order valence-electron chi connectivity index (χ2n) is 8.18. The van der Waals surface area contributed by atoms with Crippen molar-refractivity contribution in [2.24, 2.45) is 5.92 Å². The van der Waals surface area contributed by atoms with Crippen LogP contribution >= 0.6 is 0 Å². The van der Waals surface area contributed by atoms with Crippen LogP contribution in [0.2, 0.25) is 0 Å². The second kappa shape index (κ2) is 8.49. The summed E-state index contributed by atoms with van der Waals surface area (Å²) in [5.41, 5.74) is 0.514. The van der Waals surface area contributed by atoms with Gasteiger partial charge in [-0.05, 0) is 36.8 Å². The number of fused-ring (bicyclic) bond motifs is 1. The van der Waals surface area contributed by atoms with Gasteiger partial charge in [-0.2, -0.15) is 18.3 Å². The molecule has 4 rings (SSSR count). The average molecular weight is 462 g/mol. The maximum absolute atomic E-state index is 14.4. The molecule has 0 spiro atoms. The van der Waals surface area contributed by atoms with Gasteiger partial charge in [0.15, 0.2) is 5.82 Å². The van der Waals surface area contributed by atoms with E-state index in [1.54, 1.807) is 6.07 Å². The predicted molar refractivity (Wildman–Crippen MR) is 113 cm³/mol. The van der Waals surface area contributed by atoms with Gasteiger partial charge in [-0.1, -0.05) is 19.9 Å². The Morgan fingerprint density at radius 3 is 2.61 bits per heavy atom. The third-order valence-electron chi connectivity index (χ3n) is 5.65. The highest BCUT2D eigenvalue weighted by atomic mass is 19.4. The fourth-order valence-corrected chi connectivity index (χ4v) is 3.86.